The molecule has 4 heterocycles. The number of aliphatic hydroxyl groups excluding tert-OH is 1. The number of halogens is 2. The molecule has 0 radical (unpaired) electrons. The SMILES string of the molecule is CC[C@@H]1OC(=O)C(F)(F)C(=O)[C@H](C)[C@@H](O[C@@H]2O[C@H](C)C[C@H](N(C)C)[C@H]2O)[C@@](C)(OC/C=C/c2cnc3ccccc3c2)C[C@@H](C)C(=O)[C@@H](C)[C@H]2NC(=O)O[C@]12C. The number of ether oxygens (including phenoxy) is 5. The number of rotatable bonds is 8. The first-order valence-electron chi connectivity index (χ1n) is 19.2. The largest absolute Gasteiger partial charge is 0.453 e. The Labute approximate surface area is 326 Å². The smallest absolute Gasteiger partial charge is 0.408 e. The fraction of sp³-hybridized carbons (Fsp3) is 0.634. The number of likely N-dealkylation sites (N-methyl/N-ethyl adjacent to an activating group) is 1. The van der Waals surface area contributed by atoms with E-state index in [0.717, 1.165) is 16.5 Å². The van der Waals surface area contributed by atoms with Crippen molar-refractivity contribution in [2.45, 2.75) is 128 Å². The number of para-hydroxylation sites is 1. The fourth-order valence-electron chi connectivity index (χ4n) is 8.55. The summed E-state index contributed by atoms with van der Waals surface area (Å²) < 4.78 is 62.2. The summed E-state index contributed by atoms with van der Waals surface area (Å²) in [5.41, 5.74) is -1.87. The number of aliphatic hydroxyl groups is 1. The number of benzene rings is 1. The zero-order valence-electron chi connectivity index (χ0n) is 33.5. The minimum atomic E-state index is -4.69. The topological polar surface area (TPSA) is 163 Å². The van der Waals surface area contributed by atoms with Gasteiger partial charge in [-0.05, 0) is 71.8 Å². The molecule has 3 aliphatic rings. The van der Waals surface area contributed by atoms with Gasteiger partial charge in [-0.25, -0.2) is 9.59 Å². The Balaban J connectivity index is 1.58. The summed E-state index contributed by atoms with van der Waals surface area (Å²) in [6.07, 6.45) is -1.75. The number of hydrogen-bond acceptors (Lipinski definition) is 12. The van der Waals surface area contributed by atoms with E-state index >= 15 is 8.78 Å². The van der Waals surface area contributed by atoms with Crippen LogP contribution in [0, 0.1) is 17.8 Å². The highest BCUT2D eigenvalue weighted by molar-refractivity contribution is 6.06. The number of aromatic nitrogens is 1. The van der Waals surface area contributed by atoms with Gasteiger partial charge < -0.3 is 39.0 Å². The van der Waals surface area contributed by atoms with E-state index in [0.29, 0.717) is 6.42 Å². The summed E-state index contributed by atoms with van der Waals surface area (Å²) in [4.78, 5) is 60.6. The Kier molecular flexibility index (Phi) is 13.1. The van der Waals surface area contributed by atoms with E-state index in [-0.39, 0.29) is 25.2 Å². The third-order valence-electron chi connectivity index (χ3n) is 11.6. The van der Waals surface area contributed by atoms with Crippen LogP contribution in [-0.4, -0.2) is 119 Å². The molecule has 1 aromatic heterocycles. The van der Waals surface area contributed by atoms with E-state index in [1.54, 1.807) is 72.0 Å². The van der Waals surface area contributed by atoms with Gasteiger partial charge in [-0.1, -0.05) is 58.0 Å². The third kappa shape index (κ3) is 8.66. The second kappa shape index (κ2) is 16.9. The predicted octanol–water partition coefficient (Wildman–Crippen LogP) is 5.11. The second-order valence-corrected chi connectivity index (χ2v) is 16.1. The molecule has 3 fully saturated rings. The molecule has 5 rings (SSSR count). The number of pyridine rings is 1. The van der Waals surface area contributed by atoms with Gasteiger partial charge in [-0.15, -0.1) is 0 Å². The number of nitrogens with zero attached hydrogens (tertiary/aromatic N) is 2. The van der Waals surface area contributed by atoms with Gasteiger partial charge in [0.1, 0.15) is 18.0 Å². The maximum atomic E-state index is 16.2. The number of ketones is 2. The van der Waals surface area contributed by atoms with Crippen molar-refractivity contribution >= 4 is 40.6 Å². The van der Waals surface area contributed by atoms with Crippen LogP contribution in [0.1, 0.15) is 73.3 Å². The first-order chi connectivity index (χ1) is 26.2. The van der Waals surface area contributed by atoms with E-state index in [2.05, 4.69) is 10.3 Å². The Morgan fingerprint density at radius 1 is 1.07 bits per heavy atom. The van der Waals surface area contributed by atoms with Crippen LogP contribution in [0.5, 0.6) is 0 Å². The number of fused-ring (bicyclic) bond motifs is 2. The first kappa shape index (κ1) is 43.2. The van der Waals surface area contributed by atoms with Crippen LogP contribution >= 0.6 is 0 Å². The normalized spacial score (nSPS) is 37.2. The van der Waals surface area contributed by atoms with Crippen LogP contribution in [0.25, 0.3) is 17.0 Å². The summed E-state index contributed by atoms with van der Waals surface area (Å²) in [6, 6.07) is 7.99. The number of Topliss-reactive ketones (excluding diaryl/α,β-unsaturated/α-hetero) is 2. The number of alkyl carbamates (subject to hydrolysis) is 1. The van der Waals surface area contributed by atoms with Crippen LogP contribution in [0.3, 0.4) is 0 Å². The number of amides is 1. The van der Waals surface area contributed by atoms with Crippen LogP contribution in [0.15, 0.2) is 42.6 Å². The molecule has 0 spiro atoms. The van der Waals surface area contributed by atoms with Crippen LogP contribution in [0.4, 0.5) is 13.6 Å². The average molecular weight is 788 g/mol. The molecule has 15 heteroatoms. The van der Waals surface area contributed by atoms with Gasteiger partial charge in [-0.2, -0.15) is 8.78 Å². The molecule has 2 aromatic rings. The zero-order chi connectivity index (χ0) is 41.3. The molecule has 2 N–H and O–H groups in total. The first-order valence-corrected chi connectivity index (χ1v) is 19.2. The molecule has 3 aliphatic heterocycles. The maximum absolute atomic E-state index is 16.2. The Morgan fingerprint density at radius 3 is 2.45 bits per heavy atom. The number of esters is 1. The van der Waals surface area contributed by atoms with Crippen molar-refractivity contribution in [2.75, 3.05) is 20.7 Å². The van der Waals surface area contributed by atoms with Gasteiger partial charge in [0.05, 0.1) is 41.9 Å². The highest BCUT2D eigenvalue weighted by atomic mass is 19.3. The minimum absolute atomic E-state index is 0.0768. The lowest BCUT2D eigenvalue weighted by Crippen LogP contribution is -2.61. The third-order valence-corrected chi connectivity index (χ3v) is 11.6. The predicted molar refractivity (Wildman–Crippen MR) is 201 cm³/mol. The van der Waals surface area contributed by atoms with Crippen molar-refractivity contribution in [3.8, 4) is 0 Å². The summed E-state index contributed by atoms with van der Waals surface area (Å²) in [5, 5.41) is 15.0. The number of carbonyl (C=O) groups is 4. The second-order valence-electron chi connectivity index (χ2n) is 16.1. The molecule has 1 aromatic carbocycles. The molecule has 1 amide bonds. The van der Waals surface area contributed by atoms with Crippen molar-refractivity contribution in [1.29, 1.82) is 0 Å². The average Bonchev–Trinajstić information content (AvgIpc) is 3.47. The fourth-order valence-corrected chi connectivity index (χ4v) is 8.55. The number of nitrogens with one attached hydrogen (secondary N) is 1. The summed E-state index contributed by atoms with van der Waals surface area (Å²) >= 11 is 0. The quantitative estimate of drug-likeness (QED) is 0.269. The highest BCUT2D eigenvalue weighted by Gasteiger charge is 2.61. The lowest BCUT2D eigenvalue weighted by Gasteiger charge is -2.47. The maximum Gasteiger partial charge on any atom is 0.408 e. The minimum Gasteiger partial charge on any atom is -0.453 e. The van der Waals surface area contributed by atoms with E-state index in [1.807, 2.05) is 30.3 Å². The molecule has 13 nitrogen and oxygen atoms in total. The molecule has 0 bridgehead atoms. The molecule has 12 atom stereocenters. The summed E-state index contributed by atoms with van der Waals surface area (Å²) in [5.74, 6) is -12.6. The molecule has 0 unspecified atom stereocenters. The standard InChI is InChI=1S/C41H55F2N3O10/c1-10-30-40(7)33(45-38(51)56-40)24(4)31(47)22(2)20-39(6,52-17-13-14-26-19-27-15-11-12-16-28(27)44-21-26)35(25(5)34(49)41(42,43)37(50)54-30)55-36-32(48)29(46(8)9)18-23(3)53-36/h11-16,19,21-25,29-30,32-33,35-36,48H,10,17-18,20H2,1-9H3,(H,45,51)/b14-13+/t22-,23-,24-,25+,29+,30+,32-,33-,35-,36+,39+,40-/m1/s1. The van der Waals surface area contributed by atoms with Crippen LogP contribution in [0.2, 0.25) is 0 Å². The lowest BCUT2D eigenvalue weighted by atomic mass is 9.74. The molecule has 3 saturated heterocycles. The van der Waals surface area contributed by atoms with Crippen LogP contribution in [-0.2, 0) is 38.1 Å². The highest BCUT2D eigenvalue weighted by Crippen LogP contribution is 2.41. The Morgan fingerprint density at radius 2 is 1.77 bits per heavy atom. The molecule has 0 aliphatic carbocycles. The lowest BCUT2D eigenvalue weighted by molar-refractivity contribution is -0.297. The van der Waals surface area contributed by atoms with E-state index in [4.69, 9.17) is 23.7 Å². The number of cyclic esters (lactones) is 1. The number of alkyl halides is 2. The van der Waals surface area contributed by atoms with Crippen molar-refractivity contribution in [3.63, 3.8) is 0 Å². The van der Waals surface area contributed by atoms with E-state index in [9.17, 15) is 24.3 Å². The Hall–Kier alpha value is -3.89. The molecular formula is C41H55F2N3O10. The zero-order valence-corrected chi connectivity index (χ0v) is 33.5. The van der Waals surface area contributed by atoms with Crippen molar-refractivity contribution in [3.05, 3.63) is 48.2 Å². The number of hydrogen-bond donors (Lipinski definition) is 2. The van der Waals surface area contributed by atoms with Gasteiger partial charge in [0.2, 0.25) is 5.78 Å². The molecular weight excluding hydrogens is 732 g/mol. The molecule has 56 heavy (non-hydrogen) atoms. The van der Waals surface area contributed by atoms with Crippen molar-refractivity contribution < 1.29 is 56.7 Å². The van der Waals surface area contributed by atoms with Crippen molar-refractivity contribution in [2.24, 2.45) is 17.8 Å². The van der Waals surface area contributed by atoms with Gasteiger partial charge in [0, 0.05) is 29.5 Å². The van der Waals surface area contributed by atoms with Crippen LogP contribution < -0.4 is 5.32 Å². The van der Waals surface area contributed by atoms with Gasteiger partial charge in [-0.3, -0.25) is 14.6 Å². The molecule has 308 valence electrons. The summed E-state index contributed by atoms with van der Waals surface area (Å²) in [6.45, 7) is 10.6. The van der Waals surface area contributed by atoms with Gasteiger partial charge >= 0.3 is 18.0 Å². The van der Waals surface area contributed by atoms with Gasteiger partial charge in [0.15, 0.2) is 11.9 Å². The monoisotopic (exact) mass is 787 g/mol. The van der Waals surface area contributed by atoms with Gasteiger partial charge in [0.25, 0.3) is 0 Å². The summed E-state index contributed by atoms with van der Waals surface area (Å²) in [7, 11) is 3.54. The Bertz CT molecular complexity index is 1810. The van der Waals surface area contributed by atoms with E-state index in [1.165, 1.54) is 13.8 Å². The van der Waals surface area contributed by atoms with Crippen molar-refractivity contribution in [1.82, 2.24) is 15.2 Å². The molecule has 0 saturated carbocycles. The number of carbonyl (C=O) groups excluding carboxylic acids is 4. The van der Waals surface area contributed by atoms with E-state index < -0.39 is 95.5 Å².